The zero-order chi connectivity index (χ0) is 14.8. The van der Waals surface area contributed by atoms with Gasteiger partial charge in [0, 0.05) is 16.5 Å². The fourth-order valence-corrected chi connectivity index (χ4v) is 2.59. The third-order valence-electron chi connectivity index (χ3n) is 3.34. The summed E-state index contributed by atoms with van der Waals surface area (Å²) >= 11 is 3.20. The van der Waals surface area contributed by atoms with Crippen molar-refractivity contribution in [2.24, 2.45) is 0 Å². The Kier molecular flexibility index (Phi) is 4.12. The number of halogens is 2. The molecule has 1 heterocycles. The van der Waals surface area contributed by atoms with Crippen LogP contribution in [0.5, 0.6) is 11.5 Å². The highest BCUT2D eigenvalue weighted by molar-refractivity contribution is 9.10. The fraction of sp³-hybridized carbons (Fsp3) is 0.250. The molecule has 0 aromatic heterocycles. The van der Waals surface area contributed by atoms with Crippen LogP contribution < -0.4 is 9.47 Å². The van der Waals surface area contributed by atoms with Gasteiger partial charge in [0.15, 0.2) is 11.5 Å². The summed E-state index contributed by atoms with van der Waals surface area (Å²) in [6, 6.07) is 9.77. The summed E-state index contributed by atoms with van der Waals surface area (Å²) in [5.74, 6) is 0.783. The van der Waals surface area contributed by atoms with Crippen LogP contribution in [0.1, 0.15) is 23.7 Å². The van der Waals surface area contributed by atoms with Gasteiger partial charge in [0.2, 0.25) is 0 Å². The maximum absolute atomic E-state index is 13.9. The van der Waals surface area contributed by atoms with Crippen LogP contribution in [0.3, 0.4) is 0 Å². The van der Waals surface area contributed by atoms with Crippen LogP contribution in [-0.4, -0.2) is 18.3 Å². The molecule has 1 N–H and O–H groups in total. The maximum atomic E-state index is 13.9. The van der Waals surface area contributed by atoms with E-state index in [1.165, 1.54) is 6.07 Å². The van der Waals surface area contributed by atoms with Crippen LogP contribution in [0.2, 0.25) is 0 Å². The highest BCUT2D eigenvalue weighted by Gasteiger charge is 2.18. The Morgan fingerprint density at radius 1 is 1.05 bits per heavy atom. The number of ether oxygens (including phenoxy) is 2. The van der Waals surface area contributed by atoms with Crippen molar-refractivity contribution in [3.8, 4) is 11.5 Å². The summed E-state index contributed by atoms with van der Waals surface area (Å²) in [5.41, 5.74) is 0.799. The second kappa shape index (κ2) is 6.03. The smallest absolute Gasteiger partial charge is 0.161 e. The minimum Gasteiger partial charge on any atom is -0.490 e. The lowest BCUT2D eigenvalue weighted by atomic mass is 10.0. The number of aliphatic hydroxyl groups is 1. The van der Waals surface area contributed by atoms with Crippen LogP contribution >= 0.6 is 15.9 Å². The Labute approximate surface area is 130 Å². The van der Waals surface area contributed by atoms with Crippen molar-refractivity contribution in [1.82, 2.24) is 0 Å². The zero-order valence-corrected chi connectivity index (χ0v) is 12.8. The summed E-state index contributed by atoms with van der Waals surface area (Å²) < 4.78 is 25.7. The van der Waals surface area contributed by atoms with Gasteiger partial charge in [0.05, 0.1) is 13.2 Å². The molecule has 2 aromatic rings. The van der Waals surface area contributed by atoms with Gasteiger partial charge in [-0.15, -0.1) is 0 Å². The van der Waals surface area contributed by atoms with E-state index in [1.54, 1.807) is 30.3 Å². The van der Waals surface area contributed by atoms with Gasteiger partial charge < -0.3 is 14.6 Å². The number of rotatable bonds is 2. The van der Waals surface area contributed by atoms with Crippen molar-refractivity contribution in [3.63, 3.8) is 0 Å². The zero-order valence-electron chi connectivity index (χ0n) is 11.2. The minimum atomic E-state index is -1.05. The predicted octanol–water partition coefficient (Wildman–Crippen LogP) is 3.83. The summed E-state index contributed by atoms with van der Waals surface area (Å²) in [6.07, 6.45) is -0.233. The molecule has 0 spiro atoms. The number of aliphatic hydroxyl groups excluding tert-OH is 1. The van der Waals surface area contributed by atoms with Crippen molar-refractivity contribution in [2.45, 2.75) is 12.5 Å². The topological polar surface area (TPSA) is 38.7 Å². The molecule has 0 saturated heterocycles. The Bertz CT molecular complexity index is 660. The molecule has 5 heteroatoms. The van der Waals surface area contributed by atoms with Crippen molar-refractivity contribution >= 4 is 15.9 Å². The van der Waals surface area contributed by atoms with Gasteiger partial charge in [0.25, 0.3) is 0 Å². The first kappa shape index (κ1) is 14.4. The highest BCUT2D eigenvalue weighted by Crippen LogP contribution is 2.34. The average molecular weight is 353 g/mol. The highest BCUT2D eigenvalue weighted by atomic mass is 79.9. The van der Waals surface area contributed by atoms with Gasteiger partial charge in [-0.3, -0.25) is 0 Å². The van der Waals surface area contributed by atoms with E-state index in [-0.39, 0.29) is 5.56 Å². The SMILES string of the molecule is OC(c1ccc2c(c1)OCCCO2)c1ccc(Br)cc1F. The number of hydrogen-bond acceptors (Lipinski definition) is 3. The second-order valence-electron chi connectivity index (χ2n) is 4.83. The summed E-state index contributed by atoms with van der Waals surface area (Å²) in [6.45, 7) is 1.18. The molecule has 0 bridgehead atoms. The lowest BCUT2D eigenvalue weighted by Crippen LogP contribution is -2.03. The minimum absolute atomic E-state index is 0.229. The van der Waals surface area contributed by atoms with Gasteiger partial charge in [-0.05, 0) is 29.8 Å². The summed E-state index contributed by atoms with van der Waals surface area (Å²) in [5, 5.41) is 10.4. The molecular weight excluding hydrogens is 339 g/mol. The van der Waals surface area contributed by atoms with Crippen LogP contribution in [0.25, 0.3) is 0 Å². The lowest BCUT2D eigenvalue weighted by molar-refractivity contribution is 0.214. The summed E-state index contributed by atoms with van der Waals surface area (Å²) in [4.78, 5) is 0. The van der Waals surface area contributed by atoms with Crippen molar-refractivity contribution < 1.29 is 19.0 Å². The van der Waals surface area contributed by atoms with E-state index in [4.69, 9.17) is 9.47 Å². The van der Waals surface area contributed by atoms with Gasteiger partial charge in [-0.1, -0.05) is 28.1 Å². The number of fused-ring (bicyclic) bond motifs is 1. The third-order valence-corrected chi connectivity index (χ3v) is 3.84. The standard InChI is InChI=1S/C16H14BrFO3/c17-11-3-4-12(13(18)9-11)16(19)10-2-5-14-15(8-10)21-7-1-6-20-14/h2-5,8-9,16,19H,1,6-7H2. The molecule has 1 aliphatic rings. The second-order valence-corrected chi connectivity index (χ2v) is 5.74. The lowest BCUT2D eigenvalue weighted by Gasteiger charge is -2.15. The van der Waals surface area contributed by atoms with Crippen LogP contribution in [-0.2, 0) is 0 Å². The first-order valence-corrected chi connectivity index (χ1v) is 7.47. The Hall–Kier alpha value is -1.59. The van der Waals surface area contributed by atoms with Gasteiger partial charge in [-0.25, -0.2) is 4.39 Å². The maximum Gasteiger partial charge on any atom is 0.161 e. The quantitative estimate of drug-likeness (QED) is 0.892. The molecule has 21 heavy (non-hydrogen) atoms. The van der Waals surface area contributed by atoms with Crippen molar-refractivity contribution in [2.75, 3.05) is 13.2 Å². The van der Waals surface area contributed by atoms with Crippen LogP contribution in [0, 0.1) is 5.82 Å². The molecule has 1 atom stereocenters. The third kappa shape index (κ3) is 3.04. The van der Waals surface area contributed by atoms with Crippen LogP contribution in [0.15, 0.2) is 40.9 Å². The molecule has 0 aliphatic carbocycles. The van der Waals surface area contributed by atoms with E-state index in [9.17, 15) is 9.50 Å². The van der Waals surface area contributed by atoms with Gasteiger partial charge in [0.1, 0.15) is 11.9 Å². The number of hydrogen-bond donors (Lipinski definition) is 1. The Morgan fingerprint density at radius 3 is 2.57 bits per heavy atom. The molecule has 2 aromatic carbocycles. The summed E-state index contributed by atoms with van der Waals surface area (Å²) in [7, 11) is 0. The first-order chi connectivity index (χ1) is 10.1. The van der Waals surface area contributed by atoms with Gasteiger partial charge in [-0.2, -0.15) is 0 Å². The molecule has 0 saturated carbocycles. The molecule has 0 fully saturated rings. The van der Waals surface area contributed by atoms with Crippen molar-refractivity contribution in [1.29, 1.82) is 0 Å². The largest absolute Gasteiger partial charge is 0.490 e. The fourth-order valence-electron chi connectivity index (χ4n) is 2.25. The van der Waals surface area contributed by atoms with E-state index < -0.39 is 11.9 Å². The molecule has 1 aliphatic heterocycles. The molecule has 110 valence electrons. The Balaban J connectivity index is 1.94. The predicted molar refractivity (Wildman–Crippen MR) is 80.2 cm³/mol. The molecule has 1 unspecified atom stereocenters. The van der Waals surface area contributed by atoms with Crippen molar-refractivity contribution in [3.05, 3.63) is 57.8 Å². The molecular formula is C16H14BrFO3. The number of benzene rings is 2. The van der Waals surface area contributed by atoms with Crippen LogP contribution in [0.4, 0.5) is 4.39 Å². The van der Waals surface area contributed by atoms with E-state index in [0.29, 0.717) is 34.7 Å². The van der Waals surface area contributed by atoms with Gasteiger partial charge >= 0.3 is 0 Å². The first-order valence-electron chi connectivity index (χ1n) is 6.68. The van der Waals surface area contributed by atoms with E-state index in [0.717, 1.165) is 6.42 Å². The molecule has 0 amide bonds. The van der Waals surface area contributed by atoms with E-state index in [1.807, 2.05) is 0 Å². The average Bonchev–Trinajstić information content (AvgIpc) is 2.71. The van der Waals surface area contributed by atoms with E-state index >= 15 is 0 Å². The normalized spacial score (nSPS) is 15.4. The van der Waals surface area contributed by atoms with E-state index in [2.05, 4.69) is 15.9 Å². The molecule has 3 rings (SSSR count). The monoisotopic (exact) mass is 352 g/mol. The Morgan fingerprint density at radius 2 is 1.81 bits per heavy atom. The molecule has 3 nitrogen and oxygen atoms in total. The molecule has 0 radical (unpaired) electrons.